The Morgan fingerprint density at radius 1 is 0.895 bits per heavy atom. The number of rotatable bonds is 12. The minimum absolute atomic E-state index is 0.0892. The van der Waals surface area contributed by atoms with E-state index in [1.54, 1.807) is 6.92 Å². The number of unbranched alkanes of at least 4 members (excludes halogenated alkanes) is 6. The van der Waals surface area contributed by atoms with E-state index in [0.29, 0.717) is 5.41 Å². The van der Waals surface area contributed by atoms with Crippen LogP contribution in [-0.2, 0) is 4.79 Å². The first-order valence-corrected chi connectivity index (χ1v) is 8.22. The van der Waals surface area contributed by atoms with E-state index in [2.05, 4.69) is 26.1 Å². The fourth-order valence-corrected chi connectivity index (χ4v) is 2.50. The van der Waals surface area contributed by atoms with E-state index in [1.807, 2.05) is 0 Å². The summed E-state index contributed by atoms with van der Waals surface area (Å²) in [6.45, 7) is 9.46. The van der Waals surface area contributed by atoms with Gasteiger partial charge >= 0.3 is 0 Å². The summed E-state index contributed by atoms with van der Waals surface area (Å²) < 4.78 is 0. The van der Waals surface area contributed by atoms with Gasteiger partial charge in [0, 0.05) is 13.5 Å². The Balaban J connectivity index is 3.44. The van der Waals surface area contributed by atoms with Gasteiger partial charge in [-0.05, 0) is 24.7 Å². The predicted molar refractivity (Wildman–Crippen MR) is 84.3 cm³/mol. The summed E-state index contributed by atoms with van der Waals surface area (Å²) in [4.78, 5) is 10.7. The zero-order valence-electron chi connectivity index (χ0n) is 13.7. The van der Waals surface area contributed by atoms with Gasteiger partial charge in [-0.2, -0.15) is 0 Å². The molecule has 0 aromatic rings. The minimum Gasteiger partial charge on any atom is -0.356 e. The third kappa shape index (κ3) is 13.7. The van der Waals surface area contributed by atoms with Crippen LogP contribution in [0.25, 0.3) is 0 Å². The summed E-state index contributed by atoms with van der Waals surface area (Å²) in [5.74, 6) is 0.0892. The summed E-state index contributed by atoms with van der Waals surface area (Å²) in [6, 6.07) is 0. The lowest BCUT2D eigenvalue weighted by Gasteiger charge is -2.24. The molecular weight excluding hydrogens is 234 g/mol. The van der Waals surface area contributed by atoms with Crippen molar-refractivity contribution in [3.63, 3.8) is 0 Å². The van der Waals surface area contributed by atoms with Crippen molar-refractivity contribution in [3.8, 4) is 0 Å². The summed E-state index contributed by atoms with van der Waals surface area (Å²) in [5.41, 5.74) is 0.473. The molecule has 0 spiro atoms. The Morgan fingerprint density at radius 2 is 1.42 bits per heavy atom. The van der Waals surface area contributed by atoms with E-state index >= 15 is 0 Å². The molecule has 0 atom stereocenters. The molecule has 0 saturated carbocycles. The van der Waals surface area contributed by atoms with E-state index in [4.69, 9.17) is 0 Å². The Hall–Kier alpha value is -0.530. The van der Waals surface area contributed by atoms with Gasteiger partial charge in [0.15, 0.2) is 0 Å². The lowest BCUT2D eigenvalue weighted by Crippen LogP contribution is -2.21. The molecule has 0 fully saturated rings. The summed E-state index contributed by atoms with van der Waals surface area (Å²) in [7, 11) is 0. The quantitative estimate of drug-likeness (QED) is 0.492. The van der Waals surface area contributed by atoms with Crippen LogP contribution in [0.15, 0.2) is 0 Å². The molecule has 0 aromatic heterocycles. The highest BCUT2D eigenvalue weighted by Crippen LogP contribution is 2.29. The van der Waals surface area contributed by atoms with Crippen LogP contribution in [-0.4, -0.2) is 12.5 Å². The molecule has 0 aliphatic carbocycles. The molecule has 0 unspecified atom stereocenters. The van der Waals surface area contributed by atoms with E-state index in [9.17, 15) is 4.79 Å². The van der Waals surface area contributed by atoms with Gasteiger partial charge in [0.2, 0.25) is 5.91 Å². The minimum atomic E-state index is 0.0892. The van der Waals surface area contributed by atoms with Crippen molar-refractivity contribution in [1.82, 2.24) is 5.32 Å². The van der Waals surface area contributed by atoms with Gasteiger partial charge in [-0.3, -0.25) is 4.79 Å². The summed E-state index contributed by atoms with van der Waals surface area (Å²) in [6.07, 6.45) is 13.3. The molecule has 0 radical (unpaired) electrons. The van der Waals surface area contributed by atoms with Crippen molar-refractivity contribution in [1.29, 1.82) is 0 Å². The van der Waals surface area contributed by atoms with Gasteiger partial charge in [-0.15, -0.1) is 0 Å². The zero-order chi connectivity index (χ0) is 14.6. The normalized spacial score (nSPS) is 11.6. The number of hydrogen-bond acceptors (Lipinski definition) is 1. The van der Waals surface area contributed by atoms with Gasteiger partial charge in [-0.25, -0.2) is 0 Å². The largest absolute Gasteiger partial charge is 0.356 e. The monoisotopic (exact) mass is 269 g/mol. The van der Waals surface area contributed by atoms with Crippen molar-refractivity contribution in [3.05, 3.63) is 0 Å². The summed E-state index contributed by atoms with van der Waals surface area (Å²) >= 11 is 0. The lowest BCUT2D eigenvalue weighted by molar-refractivity contribution is -0.118. The molecule has 0 heterocycles. The molecule has 0 bridgehead atoms. The van der Waals surface area contributed by atoms with Gasteiger partial charge in [0.25, 0.3) is 0 Å². The first-order valence-electron chi connectivity index (χ1n) is 8.22. The van der Waals surface area contributed by atoms with Crippen molar-refractivity contribution >= 4 is 5.91 Å². The van der Waals surface area contributed by atoms with Gasteiger partial charge in [0.1, 0.15) is 0 Å². The summed E-state index contributed by atoms with van der Waals surface area (Å²) in [5, 5.41) is 2.86. The predicted octanol–water partition coefficient (Wildman–Crippen LogP) is 5.07. The average Bonchev–Trinajstić information content (AvgIpc) is 2.32. The van der Waals surface area contributed by atoms with Crippen LogP contribution < -0.4 is 5.32 Å². The van der Waals surface area contributed by atoms with E-state index < -0.39 is 0 Å². The second-order valence-corrected chi connectivity index (χ2v) is 6.62. The first-order chi connectivity index (χ1) is 8.98. The molecule has 2 nitrogen and oxygen atoms in total. The number of amides is 1. The standard InChI is InChI=1S/C17H35NO/c1-5-6-7-8-9-10-13-17(3,4)14-11-12-15-18-16(2)19/h5-15H2,1-4H3,(H,18,19). The molecular formula is C17H35NO. The average molecular weight is 269 g/mol. The highest BCUT2D eigenvalue weighted by Gasteiger charge is 2.16. The molecule has 1 N–H and O–H groups in total. The Morgan fingerprint density at radius 3 is 2.00 bits per heavy atom. The zero-order valence-corrected chi connectivity index (χ0v) is 13.7. The third-order valence-electron chi connectivity index (χ3n) is 3.86. The van der Waals surface area contributed by atoms with E-state index in [1.165, 1.54) is 57.8 Å². The SMILES string of the molecule is CCCCCCCCC(C)(C)CCCCNC(C)=O. The van der Waals surface area contributed by atoms with Gasteiger partial charge in [0.05, 0.1) is 0 Å². The van der Waals surface area contributed by atoms with Crippen molar-refractivity contribution in [2.75, 3.05) is 6.54 Å². The maximum atomic E-state index is 10.7. The van der Waals surface area contributed by atoms with Crippen LogP contribution in [0.2, 0.25) is 0 Å². The topological polar surface area (TPSA) is 29.1 Å². The van der Waals surface area contributed by atoms with E-state index in [-0.39, 0.29) is 5.91 Å². The molecule has 0 saturated heterocycles. The van der Waals surface area contributed by atoms with Crippen molar-refractivity contribution < 1.29 is 4.79 Å². The lowest BCUT2D eigenvalue weighted by atomic mass is 9.82. The van der Waals surface area contributed by atoms with Crippen LogP contribution in [0.1, 0.15) is 91.9 Å². The molecule has 114 valence electrons. The van der Waals surface area contributed by atoms with E-state index in [0.717, 1.165) is 13.0 Å². The van der Waals surface area contributed by atoms with Crippen LogP contribution in [0.3, 0.4) is 0 Å². The first kappa shape index (κ1) is 18.5. The Labute approximate surface area is 120 Å². The number of nitrogens with one attached hydrogen (secondary N) is 1. The van der Waals surface area contributed by atoms with Crippen molar-refractivity contribution in [2.24, 2.45) is 5.41 Å². The molecule has 2 heteroatoms. The Kier molecular flexibility index (Phi) is 11.0. The maximum absolute atomic E-state index is 10.7. The number of hydrogen-bond donors (Lipinski definition) is 1. The maximum Gasteiger partial charge on any atom is 0.216 e. The molecule has 19 heavy (non-hydrogen) atoms. The molecule has 0 rings (SSSR count). The van der Waals surface area contributed by atoms with Crippen molar-refractivity contribution in [2.45, 2.75) is 91.9 Å². The van der Waals surface area contributed by atoms with Crippen LogP contribution >= 0.6 is 0 Å². The number of carbonyl (C=O) groups is 1. The van der Waals surface area contributed by atoms with Gasteiger partial charge < -0.3 is 5.32 Å². The third-order valence-corrected chi connectivity index (χ3v) is 3.86. The van der Waals surface area contributed by atoms with Crippen LogP contribution in [0.5, 0.6) is 0 Å². The van der Waals surface area contributed by atoms with Crippen LogP contribution in [0.4, 0.5) is 0 Å². The highest BCUT2D eigenvalue weighted by atomic mass is 16.1. The van der Waals surface area contributed by atoms with Crippen LogP contribution in [0, 0.1) is 5.41 Å². The van der Waals surface area contributed by atoms with Gasteiger partial charge in [-0.1, -0.05) is 65.7 Å². The molecule has 0 aliphatic rings. The number of carbonyl (C=O) groups excluding carboxylic acids is 1. The second-order valence-electron chi connectivity index (χ2n) is 6.62. The fraction of sp³-hybridized carbons (Fsp3) is 0.941. The highest BCUT2D eigenvalue weighted by molar-refractivity contribution is 5.72. The molecule has 1 amide bonds. The molecule has 0 aliphatic heterocycles. The Bertz CT molecular complexity index is 223. The molecule has 0 aromatic carbocycles. The fourth-order valence-electron chi connectivity index (χ4n) is 2.50. The second kappa shape index (κ2) is 11.3. The smallest absolute Gasteiger partial charge is 0.216 e.